The highest BCUT2D eigenvalue weighted by Gasteiger charge is 2.27. The molecule has 0 saturated heterocycles. The van der Waals surface area contributed by atoms with Crippen LogP contribution in [-0.4, -0.2) is 23.2 Å². The topological polar surface area (TPSA) is 59.4 Å². The van der Waals surface area contributed by atoms with E-state index in [0.29, 0.717) is 10.6 Å². The van der Waals surface area contributed by atoms with Gasteiger partial charge in [-0.25, -0.2) is 9.78 Å². The number of carboxylic acids is 1. The quantitative estimate of drug-likeness (QED) is 0.934. The van der Waals surface area contributed by atoms with Crippen LogP contribution >= 0.6 is 11.3 Å². The highest BCUT2D eigenvalue weighted by atomic mass is 32.1. The van der Waals surface area contributed by atoms with E-state index in [9.17, 15) is 9.90 Å². The van der Waals surface area contributed by atoms with Gasteiger partial charge in [-0.3, -0.25) is 0 Å². The highest BCUT2D eigenvalue weighted by molar-refractivity contribution is 7.17. The highest BCUT2D eigenvalue weighted by Crippen LogP contribution is 2.34. The Morgan fingerprint density at radius 1 is 1.25 bits per heavy atom. The van der Waals surface area contributed by atoms with E-state index in [1.54, 1.807) is 7.11 Å². The summed E-state index contributed by atoms with van der Waals surface area (Å²) in [6, 6.07) is 7.45. The molecule has 0 saturated carbocycles. The molecule has 0 bridgehead atoms. The van der Waals surface area contributed by atoms with Crippen molar-refractivity contribution in [2.75, 3.05) is 7.11 Å². The lowest BCUT2D eigenvalue weighted by atomic mass is 9.91. The van der Waals surface area contributed by atoms with Crippen LogP contribution in [-0.2, 0) is 5.41 Å². The number of carboxylic acid groups (broad SMARTS) is 1. The van der Waals surface area contributed by atoms with Crippen LogP contribution in [0, 0.1) is 0 Å². The zero-order chi connectivity index (χ0) is 14.9. The fourth-order valence-corrected chi connectivity index (χ4v) is 2.95. The summed E-state index contributed by atoms with van der Waals surface area (Å²) in [6.45, 7) is 5.89. The first-order valence-corrected chi connectivity index (χ1v) is 7.03. The fourth-order valence-electron chi connectivity index (χ4n) is 1.83. The lowest BCUT2D eigenvalue weighted by molar-refractivity contribution is 0.0699. The van der Waals surface area contributed by atoms with Crippen LogP contribution in [0.1, 0.15) is 36.1 Å². The number of methoxy groups -OCH3 is 1. The Hall–Kier alpha value is -1.88. The molecule has 2 aromatic rings. The van der Waals surface area contributed by atoms with Crippen molar-refractivity contribution in [3.8, 4) is 16.3 Å². The zero-order valence-corrected chi connectivity index (χ0v) is 12.7. The average Bonchev–Trinajstić information content (AvgIpc) is 2.84. The summed E-state index contributed by atoms with van der Waals surface area (Å²) in [7, 11) is 1.61. The molecule has 0 aliphatic carbocycles. The molecule has 1 N–H and O–H groups in total. The predicted molar refractivity (Wildman–Crippen MR) is 79.8 cm³/mol. The van der Waals surface area contributed by atoms with Crippen LogP contribution in [0.25, 0.3) is 10.6 Å². The minimum atomic E-state index is -0.924. The molecule has 20 heavy (non-hydrogen) atoms. The average molecular weight is 291 g/mol. The van der Waals surface area contributed by atoms with Crippen molar-refractivity contribution >= 4 is 17.3 Å². The number of hydrogen-bond donors (Lipinski definition) is 1. The summed E-state index contributed by atoms with van der Waals surface area (Å²) in [6.07, 6.45) is 0. The first kappa shape index (κ1) is 14.5. The first-order valence-electron chi connectivity index (χ1n) is 6.22. The third-order valence-corrected chi connectivity index (χ3v) is 3.96. The lowest BCUT2D eigenvalue weighted by Gasteiger charge is -2.16. The monoisotopic (exact) mass is 291 g/mol. The van der Waals surface area contributed by atoms with E-state index in [0.717, 1.165) is 16.3 Å². The molecule has 0 unspecified atom stereocenters. The number of carbonyl (C=O) groups is 1. The predicted octanol–water partition coefficient (Wildman–Crippen LogP) is 3.81. The van der Waals surface area contributed by atoms with Gasteiger partial charge in [-0.2, -0.15) is 0 Å². The Labute approximate surface area is 122 Å². The van der Waals surface area contributed by atoms with Crippen LogP contribution in [0.2, 0.25) is 0 Å². The van der Waals surface area contributed by atoms with Crippen molar-refractivity contribution < 1.29 is 14.6 Å². The smallest absolute Gasteiger partial charge is 0.347 e. The molecule has 0 aliphatic rings. The number of nitrogens with zero attached hydrogens (tertiary/aromatic N) is 1. The van der Waals surface area contributed by atoms with Gasteiger partial charge in [0.25, 0.3) is 0 Å². The largest absolute Gasteiger partial charge is 0.497 e. The van der Waals surface area contributed by atoms with Crippen molar-refractivity contribution in [1.82, 2.24) is 4.98 Å². The summed E-state index contributed by atoms with van der Waals surface area (Å²) in [5.74, 6) is -0.160. The van der Waals surface area contributed by atoms with Gasteiger partial charge >= 0.3 is 5.97 Å². The van der Waals surface area contributed by atoms with Crippen LogP contribution in [0.5, 0.6) is 5.75 Å². The molecular weight excluding hydrogens is 274 g/mol. The van der Waals surface area contributed by atoms with Crippen molar-refractivity contribution in [3.05, 3.63) is 34.8 Å². The van der Waals surface area contributed by atoms with Crippen LogP contribution in [0.15, 0.2) is 24.3 Å². The minimum Gasteiger partial charge on any atom is -0.497 e. The number of ether oxygens (including phenoxy) is 1. The summed E-state index contributed by atoms with van der Waals surface area (Å²) in [4.78, 5) is 16.2. The number of hydrogen-bond acceptors (Lipinski definition) is 4. The van der Waals surface area contributed by atoms with Crippen molar-refractivity contribution in [1.29, 1.82) is 0 Å². The Morgan fingerprint density at radius 2 is 1.85 bits per heavy atom. The summed E-state index contributed by atoms with van der Waals surface area (Å²) >= 11 is 1.21. The summed E-state index contributed by atoms with van der Waals surface area (Å²) < 4.78 is 5.12. The van der Waals surface area contributed by atoms with Gasteiger partial charge in [-0.15, -0.1) is 11.3 Å². The summed E-state index contributed by atoms with van der Waals surface area (Å²) in [5, 5.41) is 10.0. The first-order chi connectivity index (χ1) is 9.32. The number of aromatic nitrogens is 1. The van der Waals surface area contributed by atoms with E-state index >= 15 is 0 Å². The molecule has 0 radical (unpaired) electrons. The molecule has 0 aliphatic heterocycles. The van der Waals surface area contributed by atoms with Gasteiger partial charge < -0.3 is 9.84 Å². The van der Waals surface area contributed by atoms with Gasteiger partial charge in [0.2, 0.25) is 0 Å². The van der Waals surface area contributed by atoms with E-state index < -0.39 is 5.97 Å². The molecule has 0 spiro atoms. The Morgan fingerprint density at radius 3 is 2.25 bits per heavy atom. The third-order valence-electron chi connectivity index (χ3n) is 2.87. The lowest BCUT2D eigenvalue weighted by Crippen LogP contribution is -2.16. The molecule has 106 valence electrons. The second-order valence-electron chi connectivity index (χ2n) is 5.48. The Balaban J connectivity index is 2.50. The van der Waals surface area contributed by atoms with E-state index in [-0.39, 0.29) is 5.41 Å². The van der Waals surface area contributed by atoms with Crippen molar-refractivity contribution in [3.63, 3.8) is 0 Å². The van der Waals surface area contributed by atoms with E-state index in [2.05, 4.69) is 4.98 Å². The number of rotatable bonds is 3. The van der Waals surface area contributed by atoms with Crippen LogP contribution in [0.3, 0.4) is 0 Å². The maximum atomic E-state index is 11.4. The molecule has 0 amide bonds. The van der Waals surface area contributed by atoms with E-state index in [1.807, 2.05) is 45.0 Å². The molecule has 5 heteroatoms. The van der Waals surface area contributed by atoms with Crippen molar-refractivity contribution in [2.24, 2.45) is 0 Å². The van der Waals surface area contributed by atoms with E-state index in [1.165, 1.54) is 11.3 Å². The normalized spacial score (nSPS) is 11.4. The van der Waals surface area contributed by atoms with Crippen molar-refractivity contribution in [2.45, 2.75) is 26.2 Å². The SMILES string of the molecule is COc1ccc(-c2nc(C(C)(C)C)c(C(=O)O)s2)cc1. The van der Waals surface area contributed by atoms with Crippen LogP contribution in [0.4, 0.5) is 0 Å². The van der Waals surface area contributed by atoms with Gasteiger partial charge in [-0.05, 0) is 24.3 Å². The van der Waals surface area contributed by atoms with Gasteiger partial charge in [0.15, 0.2) is 0 Å². The molecule has 2 rings (SSSR count). The Kier molecular flexibility index (Phi) is 3.81. The third kappa shape index (κ3) is 2.82. The van der Waals surface area contributed by atoms with Gasteiger partial charge in [0.05, 0.1) is 12.8 Å². The van der Waals surface area contributed by atoms with Crippen LogP contribution < -0.4 is 4.74 Å². The number of benzene rings is 1. The molecule has 4 nitrogen and oxygen atoms in total. The fraction of sp³-hybridized carbons (Fsp3) is 0.333. The standard InChI is InChI=1S/C15H17NO3S/c1-15(2,3)12-11(14(17)18)20-13(16-12)9-5-7-10(19-4)8-6-9/h5-8H,1-4H3,(H,17,18). The minimum absolute atomic E-state index is 0.297. The molecule has 0 fully saturated rings. The second-order valence-corrected chi connectivity index (χ2v) is 6.48. The van der Waals surface area contributed by atoms with Gasteiger partial charge in [-0.1, -0.05) is 20.8 Å². The maximum absolute atomic E-state index is 11.4. The Bertz CT molecular complexity index is 624. The molecular formula is C15H17NO3S. The second kappa shape index (κ2) is 5.25. The van der Waals surface area contributed by atoms with Gasteiger partial charge in [0, 0.05) is 11.0 Å². The molecule has 1 aromatic heterocycles. The molecule has 1 heterocycles. The van der Waals surface area contributed by atoms with E-state index in [4.69, 9.17) is 4.74 Å². The molecule has 0 atom stereocenters. The molecule has 1 aromatic carbocycles. The van der Waals surface area contributed by atoms with Gasteiger partial charge in [0.1, 0.15) is 15.6 Å². The maximum Gasteiger partial charge on any atom is 0.347 e. The number of aromatic carboxylic acids is 1. The zero-order valence-electron chi connectivity index (χ0n) is 11.9. The summed E-state index contributed by atoms with van der Waals surface area (Å²) in [5.41, 5.74) is 1.23. The number of thiazole rings is 1.